The minimum atomic E-state index is -0.203. The molecule has 0 unspecified atom stereocenters. The van der Waals surface area contributed by atoms with E-state index in [9.17, 15) is 9.18 Å². The Labute approximate surface area is 107 Å². The Balaban J connectivity index is 1.75. The number of nitrogens with one attached hydrogen (secondary N) is 2. The number of carbonyl (C=O) groups excluding carboxylic acids is 1. The molecule has 1 aliphatic rings. The van der Waals surface area contributed by atoms with Crippen LogP contribution < -0.4 is 10.6 Å². The Kier molecular flexibility index (Phi) is 4.70. The molecule has 18 heavy (non-hydrogen) atoms. The number of carbonyl (C=O) groups is 1. The van der Waals surface area contributed by atoms with Crippen molar-refractivity contribution in [1.82, 2.24) is 10.6 Å². The summed E-state index contributed by atoms with van der Waals surface area (Å²) in [7, 11) is 0. The van der Waals surface area contributed by atoms with Crippen LogP contribution in [-0.4, -0.2) is 25.5 Å². The normalized spacial score (nSPS) is 19.5. The van der Waals surface area contributed by atoms with Gasteiger partial charge in [-0.05, 0) is 37.4 Å². The third-order valence-corrected chi connectivity index (χ3v) is 3.32. The summed E-state index contributed by atoms with van der Waals surface area (Å²) >= 11 is 0. The number of benzene rings is 1. The molecule has 0 radical (unpaired) electrons. The third kappa shape index (κ3) is 3.53. The fourth-order valence-corrected chi connectivity index (χ4v) is 2.24. The summed E-state index contributed by atoms with van der Waals surface area (Å²) in [6.45, 7) is 2.25. The van der Waals surface area contributed by atoms with Crippen LogP contribution in [0.5, 0.6) is 0 Å². The molecule has 1 aromatic carbocycles. The molecule has 98 valence electrons. The number of hydrogen-bond acceptors (Lipinski definition) is 2. The largest absolute Gasteiger partial charge is 0.355 e. The van der Waals surface area contributed by atoms with Crippen molar-refractivity contribution in [2.24, 2.45) is 5.92 Å². The smallest absolute Gasteiger partial charge is 0.224 e. The average Bonchev–Trinajstić information content (AvgIpc) is 2.42. The summed E-state index contributed by atoms with van der Waals surface area (Å²) in [5, 5.41) is 6.09. The maximum atomic E-state index is 13.3. The Morgan fingerprint density at radius 1 is 1.44 bits per heavy atom. The lowest BCUT2D eigenvalue weighted by Crippen LogP contribution is -2.41. The molecule has 1 aliphatic heterocycles. The van der Waals surface area contributed by atoms with Gasteiger partial charge in [0, 0.05) is 13.1 Å². The van der Waals surface area contributed by atoms with Crippen molar-refractivity contribution in [3.05, 3.63) is 35.6 Å². The van der Waals surface area contributed by atoms with Crippen LogP contribution in [0.3, 0.4) is 0 Å². The fourth-order valence-electron chi connectivity index (χ4n) is 2.24. The highest BCUT2D eigenvalue weighted by Gasteiger charge is 2.20. The van der Waals surface area contributed by atoms with E-state index in [0.717, 1.165) is 25.9 Å². The van der Waals surface area contributed by atoms with Crippen molar-refractivity contribution in [2.75, 3.05) is 19.6 Å². The van der Waals surface area contributed by atoms with Gasteiger partial charge in [0.05, 0.1) is 5.92 Å². The highest BCUT2D eigenvalue weighted by molar-refractivity contribution is 5.78. The summed E-state index contributed by atoms with van der Waals surface area (Å²) in [5.74, 6) is -0.0519. The SMILES string of the molecule is O=C(NCCc1ccccc1F)[C@@H]1CCCNC1. The predicted molar refractivity (Wildman–Crippen MR) is 68.7 cm³/mol. The number of piperidine rings is 1. The van der Waals surface area contributed by atoms with Gasteiger partial charge in [0.1, 0.15) is 5.82 Å². The first-order valence-corrected chi connectivity index (χ1v) is 6.49. The van der Waals surface area contributed by atoms with Gasteiger partial charge in [-0.25, -0.2) is 4.39 Å². The lowest BCUT2D eigenvalue weighted by molar-refractivity contribution is -0.125. The summed E-state index contributed by atoms with van der Waals surface area (Å²) in [5.41, 5.74) is 0.652. The number of hydrogen-bond donors (Lipinski definition) is 2. The van der Waals surface area contributed by atoms with Crippen molar-refractivity contribution in [1.29, 1.82) is 0 Å². The molecule has 2 rings (SSSR count). The standard InChI is InChI=1S/C14H19FN2O/c15-13-6-2-1-4-11(13)7-9-17-14(18)12-5-3-8-16-10-12/h1-2,4,6,12,16H,3,5,7-10H2,(H,17,18)/t12-/m1/s1. The van der Waals surface area contributed by atoms with Crippen molar-refractivity contribution in [2.45, 2.75) is 19.3 Å². The van der Waals surface area contributed by atoms with E-state index in [1.165, 1.54) is 6.07 Å². The van der Waals surface area contributed by atoms with Crippen LogP contribution in [0.25, 0.3) is 0 Å². The Bertz CT molecular complexity index is 403. The highest BCUT2D eigenvalue weighted by Crippen LogP contribution is 2.10. The van der Waals surface area contributed by atoms with Crippen LogP contribution in [0.4, 0.5) is 4.39 Å². The summed E-state index contributed by atoms with van der Waals surface area (Å²) in [4.78, 5) is 11.8. The molecule has 0 spiro atoms. The molecule has 1 fully saturated rings. The first-order valence-electron chi connectivity index (χ1n) is 6.49. The zero-order valence-corrected chi connectivity index (χ0v) is 10.4. The highest BCUT2D eigenvalue weighted by atomic mass is 19.1. The molecule has 0 saturated carbocycles. The Morgan fingerprint density at radius 2 is 2.28 bits per heavy atom. The van der Waals surface area contributed by atoms with Crippen molar-refractivity contribution in [3.63, 3.8) is 0 Å². The van der Waals surface area contributed by atoms with Gasteiger partial charge in [0.25, 0.3) is 0 Å². The van der Waals surface area contributed by atoms with E-state index in [-0.39, 0.29) is 17.6 Å². The molecule has 2 N–H and O–H groups in total. The molecule has 1 heterocycles. The van der Waals surface area contributed by atoms with E-state index in [0.29, 0.717) is 18.5 Å². The molecule has 1 aromatic rings. The quantitative estimate of drug-likeness (QED) is 0.850. The third-order valence-electron chi connectivity index (χ3n) is 3.32. The summed E-state index contributed by atoms with van der Waals surface area (Å²) < 4.78 is 13.3. The van der Waals surface area contributed by atoms with Gasteiger partial charge in [-0.3, -0.25) is 4.79 Å². The van der Waals surface area contributed by atoms with E-state index >= 15 is 0 Å². The van der Waals surface area contributed by atoms with Crippen molar-refractivity contribution in [3.8, 4) is 0 Å². The summed E-state index contributed by atoms with van der Waals surface area (Å²) in [6.07, 6.45) is 2.53. The Hall–Kier alpha value is -1.42. The van der Waals surface area contributed by atoms with Crippen LogP contribution >= 0.6 is 0 Å². The molecule has 1 atom stereocenters. The first kappa shape index (κ1) is 13.0. The molecular formula is C14H19FN2O. The number of halogens is 1. The van der Waals surface area contributed by atoms with E-state index in [2.05, 4.69) is 10.6 Å². The van der Waals surface area contributed by atoms with Gasteiger partial charge < -0.3 is 10.6 Å². The van der Waals surface area contributed by atoms with Gasteiger partial charge in [-0.2, -0.15) is 0 Å². The van der Waals surface area contributed by atoms with Gasteiger partial charge in [-0.1, -0.05) is 18.2 Å². The molecule has 0 aromatic heterocycles. The second-order valence-corrected chi connectivity index (χ2v) is 4.68. The van der Waals surface area contributed by atoms with Crippen LogP contribution in [0.15, 0.2) is 24.3 Å². The number of amides is 1. The zero-order chi connectivity index (χ0) is 12.8. The molecule has 3 nitrogen and oxygen atoms in total. The minimum absolute atomic E-state index is 0.0689. The van der Waals surface area contributed by atoms with Crippen molar-refractivity contribution < 1.29 is 9.18 Å². The topological polar surface area (TPSA) is 41.1 Å². The van der Waals surface area contributed by atoms with Crippen LogP contribution in [-0.2, 0) is 11.2 Å². The van der Waals surface area contributed by atoms with E-state index in [1.54, 1.807) is 12.1 Å². The molecule has 1 saturated heterocycles. The van der Waals surface area contributed by atoms with Crippen molar-refractivity contribution >= 4 is 5.91 Å². The summed E-state index contributed by atoms with van der Waals surface area (Å²) in [6, 6.07) is 6.68. The van der Waals surface area contributed by atoms with Crippen LogP contribution in [0.1, 0.15) is 18.4 Å². The van der Waals surface area contributed by atoms with Gasteiger partial charge >= 0.3 is 0 Å². The van der Waals surface area contributed by atoms with E-state index < -0.39 is 0 Å². The van der Waals surface area contributed by atoms with E-state index in [1.807, 2.05) is 6.07 Å². The van der Waals surface area contributed by atoms with Crippen LogP contribution in [0, 0.1) is 11.7 Å². The monoisotopic (exact) mass is 250 g/mol. The lowest BCUT2D eigenvalue weighted by Gasteiger charge is -2.21. The minimum Gasteiger partial charge on any atom is -0.355 e. The second-order valence-electron chi connectivity index (χ2n) is 4.68. The van der Waals surface area contributed by atoms with Crippen LogP contribution in [0.2, 0.25) is 0 Å². The number of rotatable bonds is 4. The van der Waals surface area contributed by atoms with Gasteiger partial charge in [0.15, 0.2) is 0 Å². The molecule has 1 amide bonds. The maximum Gasteiger partial charge on any atom is 0.224 e. The van der Waals surface area contributed by atoms with Gasteiger partial charge in [0.2, 0.25) is 5.91 Å². The molecule has 0 aliphatic carbocycles. The second kappa shape index (κ2) is 6.50. The molecule has 0 bridgehead atoms. The molecular weight excluding hydrogens is 231 g/mol. The Morgan fingerprint density at radius 3 is 3.00 bits per heavy atom. The maximum absolute atomic E-state index is 13.3. The molecule has 4 heteroatoms. The van der Waals surface area contributed by atoms with E-state index in [4.69, 9.17) is 0 Å². The fraction of sp³-hybridized carbons (Fsp3) is 0.500. The lowest BCUT2D eigenvalue weighted by atomic mass is 9.99. The first-order chi connectivity index (χ1) is 8.77. The predicted octanol–water partition coefficient (Wildman–Crippen LogP) is 1.48. The average molecular weight is 250 g/mol. The zero-order valence-electron chi connectivity index (χ0n) is 10.4. The van der Waals surface area contributed by atoms with Gasteiger partial charge in [-0.15, -0.1) is 0 Å².